The van der Waals surface area contributed by atoms with Crippen molar-refractivity contribution >= 4 is 27.3 Å². The molecule has 0 aromatic heterocycles. The molecule has 0 bridgehead atoms. The topological polar surface area (TPSA) is 75.3 Å². The Bertz CT molecular complexity index is 512. The third-order valence-electron chi connectivity index (χ3n) is 2.21. The summed E-state index contributed by atoms with van der Waals surface area (Å²) in [6, 6.07) is 6.62. The van der Waals surface area contributed by atoms with E-state index in [-0.39, 0.29) is 5.91 Å². The molecular formula is C12H18N2O3S. The Morgan fingerprint density at radius 3 is 2.56 bits per heavy atom. The number of hydrogen-bond donors (Lipinski definition) is 2. The van der Waals surface area contributed by atoms with Crippen LogP contribution in [0.4, 0.5) is 11.4 Å². The highest BCUT2D eigenvalue weighted by Crippen LogP contribution is 2.16. The van der Waals surface area contributed by atoms with Crippen molar-refractivity contribution in [3.8, 4) is 0 Å². The maximum Gasteiger partial charge on any atom is 0.229 e. The van der Waals surface area contributed by atoms with Crippen LogP contribution in [0.3, 0.4) is 0 Å². The summed E-state index contributed by atoms with van der Waals surface area (Å²) in [7, 11) is -3.30. The lowest BCUT2D eigenvalue weighted by Crippen LogP contribution is -2.12. The van der Waals surface area contributed by atoms with Gasteiger partial charge in [0.05, 0.1) is 11.9 Å². The lowest BCUT2D eigenvalue weighted by Gasteiger charge is -2.08. The van der Waals surface area contributed by atoms with Crippen LogP contribution in [0.15, 0.2) is 24.3 Å². The number of hydrogen-bond acceptors (Lipinski definition) is 3. The van der Waals surface area contributed by atoms with Crippen molar-refractivity contribution in [1.29, 1.82) is 0 Å². The lowest BCUT2D eigenvalue weighted by atomic mass is 10.2. The number of carbonyl (C=O) groups excluding carboxylic acids is 1. The molecule has 6 heteroatoms. The fraction of sp³-hybridized carbons (Fsp3) is 0.417. The van der Waals surface area contributed by atoms with Gasteiger partial charge in [0, 0.05) is 12.1 Å². The second-order valence-electron chi connectivity index (χ2n) is 4.11. The monoisotopic (exact) mass is 270 g/mol. The van der Waals surface area contributed by atoms with Gasteiger partial charge in [-0.3, -0.25) is 9.52 Å². The molecule has 0 atom stereocenters. The van der Waals surface area contributed by atoms with Gasteiger partial charge in [0.25, 0.3) is 0 Å². The van der Waals surface area contributed by atoms with Crippen LogP contribution in [-0.4, -0.2) is 20.6 Å². The maximum absolute atomic E-state index is 11.5. The highest BCUT2D eigenvalue weighted by Gasteiger charge is 2.04. The number of rotatable bonds is 6. The van der Waals surface area contributed by atoms with E-state index in [1.807, 2.05) is 6.92 Å². The minimum atomic E-state index is -3.30. The quantitative estimate of drug-likeness (QED) is 0.832. The maximum atomic E-state index is 11.5. The van der Waals surface area contributed by atoms with Crippen molar-refractivity contribution in [2.45, 2.75) is 26.2 Å². The molecule has 0 aliphatic heterocycles. The van der Waals surface area contributed by atoms with Crippen molar-refractivity contribution < 1.29 is 13.2 Å². The molecule has 0 saturated carbocycles. The van der Waals surface area contributed by atoms with Crippen LogP contribution in [0, 0.1) is 0 Å². The third-order valence-corrected chi connectivity index (χ3v) is 2.81. The summed E-state index contributed by atoms with van der Waals surface area (Å²) in [6.07, 6.45) is 3.36. The second kappa shape index (κ2) is 6.39. The van der Waals surface area contributed by atoms with Gasteiger partial charge < -0.3 is 5.32 Å². The Kier molecular flexibility index (Phi) is 5.15. The van der Waals surface area contributed by atoms with Crippen LogP contribution < -0.4 is 10.0 Å². The van der Waals surface area contributed by atoms with Crippen molar-refractivity contribution in [1.82, 2.24) is 0 Å². The number of sulfonamides is 1. The molecule has 1 aromatic carbocycles. The van der Waals surface area contributed by atoms with Crippen molar-refractivity contribution in [3.63, 3.8) is 0 Å². The van der Waals surface area contributed by atoms with Crippen LogP contribution >= 0.6 is 0 Å². The molecule has 2 N–H and O–H groups in total. The summed E-state index contributed by atoms with van der Waals surface area (Å²) in [6.45, 7) is 2.02. The van der Waals surface area contributed by atoms with Crippen LogP contribution in [-0.2, 0) is 14.8 Å². The number of amides is 1. The summed E-state index contributed by atoms with van der Waals surface area (Å²) in [5.74, 6) is -0.0617. The van der Waals surface area contributed by atoms with Crippen LogP contribution in [0.2, 0.25) is 0 Å². The molecule has 1 rings (SSSR count). The van der Waals surface area contributed by atoms with Gasteiger partial charge in [-0.15, -0.1) is 0 Å². The van der Waals surface area contributed by atoms with Crippen molar-refractivity contribution in [3.05, 3.63) is 24.3 Å². The Morgan fingerprint density at radius 2 is 1.94 bits per heavy atom. The smallest absolute Gasteiger partial charge is 0.229 e. The first-order valence-corrected chi connectivity index (χ1v) is 7.67. The predicted octanol–water partition coefficient (Wildman–Crippen LogP) is 2.19. The van der Waals surface area contributed by atoms with E-state index in [1.54, 1.807) is 24.3 Å². The number of unbranched alkanes of at least 4 members (excludes halogenated alkanes) is 1. The Labute approximate surface area is 108 Å². The largest absolute Gasteiger partial charge is 0.326 e. The number of carbonyl (C=O) groups is 1. The van der Waals surface area contributed by atoms with E-state index in [1.165, 1.54) is 0 Å². The predicted molar refractivity (Wildman–Crippen MR) is 73.1 cm³/mol. The van der Waals surface area contributed by atoms with Crippen molar-refractivity contribution in [2.75, 3.05) is 16.3 Å². The molecule has 0 radical (unpaired) electrons. The van der Waals surface area contributed by atoms with Crippen LogP contribution in [0.1, 0.15) is 26.2 Å². The normalized spacial score (nSPS) is 11.0. The van der Waals surface area contributed by atoms with E-state index in [0.29, 0.717) is 17.8 Å². The SMILES string of the molecule is CCCCC(=O)Nc1cccc(NS(C)(=O)=O)c1. The van der Waals surface area contributed by atoms with Gasteiger partial charge in [0.1, 0.15) is 0 Å². The van der Waals surface area contributed by atoms with Gasteiger partial charge in [-0.2, -0.15) is 0 Å². The molecule has 0 fully saturated rings. The van der Waals surface area contributed by atoms with Crippen LogP contribution in [0.5, 0.6) is 0 Å². The first-order chi connectivity index (χ1) is 8.40. The molecule has 0 aliphatic carbocycles. The third kappa shape index (κ3) is 5.67. The minimum Gasteiger partial charge on any atom is -0.326 e. The molecular weight excluding hydrogens is 252 g/mol. The zero-order valence-corrected chi connectivity index (χ0v) is 11.4. The summed E-state index contributed by atoms with van der Waals surface area (Å²) in [5.41, 5.74) is 1.02. The molecule has 0 aliphatic rings. The zero-order valence-electron chi connectivity index (χ0n) is 10.6. The average Bonchev–Trinajstić information content (AvgIpc) is 2.24. The molecule has 100 valence electrons. The van der Waals surface area contributed by atoms with Crippen LogP contribution in [0.25, 0.3) is 0 Å². The highest BCUT2D eigenvalue weighted by atomic mass is 32.2. The van der Waals surface area contributed by atoms with Gasteiger partial charge in [-0.05, 0) is 24.6 Å². The van der Waals surface area contributed by atoms with E-state index in [4.69, 9.17) is 0 Å². The molecule has 1 amide bonds. The molecule has 5 nitrogen and oxygen atoms in total. The minimum absolute atomic E-state index is 0.0617. The molecule has 0 unspecified atom stereocenters. The Balaban J connectivity index is 2.68. The Morgan fingerprint density at radius 1 is 1.28 bits per heavy atom. The summed E-state index contributed by atoms with van der Waals surface area (Å²) in [5, 5.41) is 2.73. The van der Waals surface area contributed by atoms with E-state index in [9.17, 15) is 13.2 Å². The van der Waals surface area contributed by atoms with E-state index in [2.05, 4.69) is 10.0 Å². The van der Waals surface area contributed by atoms with Gasteiger partial charge in [0.15, 0.2) is 0 Å². The summed E-state index contributed by atoms with van der Waals surface area (Å²) < 4.78 is 24.5. The van der Waals surface area contributed by atoms with E-state index in [0.717, 1.165) is 19.1 Å². The number of anilines is 2. The fourth-order valence-corrected chi connectivity index (χ4v) is 1.99. The summed E-state index contributed by atoms with van der Waals surface area (Å²) in [4.78, 5) is 11.5. The fourth-order valence-electron chi connectivity index (χ4n) is 1.44. The molecule has 18 heavy (non-hydrogen) atoms. The van der Waals surface area contributed by atoms with Gasteiger partial charge in [-0.1, -0.05) is 19.4 Å². The number of benzene rings is 1. The van der Waals surface area contributed by atoms with Gasteiger partial charge in [-0.25, -0.2) is 8.42 Å². The van der Waals surface area contributed by atoms with Gasteiger partial charge >= 0.3 is 0 Å². The molecule has 0 heterocycles. The summed E-state index contributed by atoms with van der Waals surface area (Å²) >= 11 is 0. The number of nitrogens with one attached hydrogen (secondary N) is 2. The Hall–Kier alpha value is -1.56. The first kappa shape index (κ1) is 14.5. The first-order valence-electron chi connectivity index (χ1n) is 5.78. The lowest BCUT2D eigenvalue weighted by molar-refractivity contribution is -0.116. The highest BCUT2D eigenvalue weighted by molar-refractivity contribution is 7.92. The van der Waals surface area contributed by atoms with E-state index >= 15 is 0 Å². The zero-order chi connectivity index (χ0) is 13.6. The molecule has 0 spiro atoms. The average molecular weight is 270 g/mol. The van der Waals surface area contributed by atoms with E-state index < -0.39 is 10.0 Å². The van der Waals surface area contributed by atoms with Gasteiger partial charge in [0.2, 0.25) is 15.9 Å². The molecule has 0 saturated heterocycles. The second-order valence-corrected chi connectivity index (χ2v) is 5.86. The van der Waals surface area contributed by atoms with Crippen molar-refractivity contribution in [2.24, 2.45) is 0 Å². The standard InChI is InChI=1S/C12H18N2O3S/c1-3-4-8-12(15)13-10-6-5-7-11(9-10)14-18(2,16)17/h5-7,9,14H,3-4,8H2,1-2H3,(H,13,15). The molecule has 1 aromatic rings.